The number of hydrogen-bond donors (Lipinski definition) is 6. The van der Waals surface area contributed by atoms with E-state index >= 15 is 0 Å². The van der Waals surface area contributed by atoms with Gasteiger partial charge in [0.1, 0.15) is 35.4 Å². The maximum absolute atomic E-state index is 13.1. The lowest BCUT2D eigenvalue weighted by molar-refractivity contribution is -0.145. The Labute approximate surface area is 221 Å². The van der Waals surface area contributed by atoms with E-state index in [0.717, 1.165) is 0 Å². The average molecular weight is 532 g/mol. The molecule has 11 nitrogen and oxygen atoms in total. The number of benzene rings is 2. The van der Waals surface area contributed by atoms with Crippen molar-refractivity contribution in [3.05, 3.63) is 54.1 Å². The molecule has 4 atom stereocenters. The molecule has 0 radical (unpaired) electrons. The van der Waals surface area contributed by atoms with Crippen LogP contribution in [0.15, 0.2) is 48.5 Å². The van der Waals surface area contributed by atoms with Crippen molar-refractivity contribution in [2.24, 2.45) is 11.7 Å². The molecule has 0 aliphatic heterocycles. The number of nitrogens with two attached hydrogens (primary N) is 1. The van der Waals surface area contributed by atoms with Crippen molar-refractivity contribution >= 4 is 17.8 Å². The summed E-state index contributed by atoms with van der Waals surface area (Å²) in [6.45, 7) is 3.84. The second kappa shape index (κ2) is 14.8. The number of aliphatic hydroxyl groups excluding tert-OH is 1. The molecule has 2 aromatic rings. The Morgan fingerprint density at radius 2 is 1.45 bits per heavy atom. The number of rotatable bonds is 14. The van der Waals surface area contributed by atoms with Crippen LogP contribution in [0.1, 0.15) is 32.3 Å². The van der Waals surface area contributed by atoms with Gasteiger partial charge >= 0.3 is 5.97 Å². The monoisotopic (exact) mass is 531 g/mol. The number of hydrogen-bond acceptors (Lipinski definition) is 9. The Morgan fingerprint density at radius 3 is 2.00 bits per heavy atom. The van der Waals surface area contributed by atoms with Crippen LogP contribution in [0.5, 0.6) is 17.2 Å². The Balaban J connectivity index is 1.99. The van der Waals surface area contributed by atoms with Gasteiger partial charge in [0.15, 0.2) is 0 Å². The van der Waals surface area contributed by atoms with Gasteiger partial charge in [0.2, 0.25) is 5.91 Å². The summed E-state index contributed by atoms with van der Waals surface area (Å²) in [5.41, 5.74) is 6.66. The summed E-state index contributed by atoms with van der Waals surface area (Å²) in [5.74, 6) is -1.44. The number of nitrogens with one attached hydrogen (secondary N) is 2. The smallest absolute Gasteiger partial charge is 0.328 e. The minimum absolute atomic E-state index is 0.00394. The largest absolute Gasteiger partial charge is 0.508 e. The highest BCUT2D eigenvalue weighted by molar-refractivity contribution is 5.92. The van der Waals surface area contributed by atoms with E-state index in [1.54, 1.807) is 24.3 Å². The highest BCUT2D eigenvalue weighted by atomic mass is 16.5. The molecule has 38 heavy (non-hydrogen) atoms. The van der Waals surface area contributed by atoms with Gasteiger partial charge in [0.05, 0.1) is 13.7 Å². The Bertz CT molecular complexity index is 1040. The first-order chi connectivity index (χ1) is 18.0. The number of esters is 1. The Hall–Kier alpha value is -3.83. The van der Waals surface area contributed by atoms with Gasteiger partial charge in [-0.1, -0.05) is 26.0 Å². The highest BCUT2D eigenvalue weighted by Gasteiger charge is 2.31. The van der Waals surface area contributed by atoms with Gasteiger partial charge < -0.3 is 41.2 Å². The van der Waals surface area contributed by atoms with Crippen LogP contribution in [-0.4, -0.2) is 71.0 Å². The molecule has 0 bridgehead atoms. The Morgan fingerprint density at radius 1 is 0.895 bits per heavy atom. The van der Waals surface area contributed by atoms with E-state index < -0.39 is 42.0 Å². The van der Waals surface area contributed by atoms with Gasteiger partial charge in [-0.2, -0.15) is 0 Å². The minimum atomic E-state index is -1.60. The molecule has 0 spiro atoms. The van der Waals surface area contributed by atoms with E-state index in [2.05, 4.69) is 10.6 Å². The molecule has 208 valence electrons. The third-order valence-corrected chi connectivity index (χ3v) is 5.75. The first kappa shape index (κ1) is 30.4. The lowest BCUT2D eigenvalue weighted by Crippen LogP contribution is -2.56. The average Bonchev–Trinajstić information content (AvgIpc) is 2.88. The summed E-state index contributed by atoms with van der Waals surface area (Å²) in [6, 6.07) is 9.21. The van der Waals surface area contributed by atoms with Crippen LogP contribution in [0.25, 0.3) is 0 Å². The van der Waals surface area contributed by atoms with Crippen LogP contribution in [0.4, 0.5) is 0 Å². The van der Waals surface area contributed by atoms with Gasteiger partial charge in [-0.25, -0.2) is 4.79 Å². The summed E-state index contributed by atoms with van der Waals surface area (Å²) >= 11 is 0. The Kier molecular flexibility index (Phi) is 11.8. The first-order valence-corrected chi connectivity index (χ1v) is 12.3. The molecule has 0 aliphatic rings. The van der Waals surface area contributed by atoms with Gasteiger partial charge in [0.25, 0.3) is 5.91 Å². The summed E-state index contributed by atoms with van der Waals surface area (Å²) < 4.78 is 10.3. The molecule has 0 aliphatic carbocycles. The maximum Gasteiger partial charge on any atom is 0.328 e. The predicted octanol–water partition coefficient (Wildman–Crippen LogP) is 0.986. The van der Waals surface area contributed by atoms with Crippen LogP contribution >= 0.6 is 0 Å². The van der Waals surface area contributed by atoms with Crippen molar-refractivity contribution in [3.63, 3.8) is 0 Å². The first-order valence-electron chi connectivity index (χ1n) is 12.3. The van der Waals surface area contributed by atoms with Gasteiger partial charge in [-0.3, -0.25) is 9.59 Å². The number of methoxy groups -OCH3 is 1. The van der Waals surface area contributed by atoms with Crippen LogP contribution in [-0.2, 0) is 25.5 Å². The second-order valence-corrected chi connectivity index (χ2v) is 9.39. The number of amides is 2. The molecule has 0 heterocycles. The number of phenolic OH excluding ortho intramolecular Hbond substituents is 2. The normalized spacial score (nSPS) is 14.2. The molecule has 0 fully saturated rings. The molecule has 0 unspecified atom stereocenters. The van der Waals surface area contributed by atoms with Gasteiger partial charge in [0, 0.05) is 12.5 Å². The zero-order chi connectivity index (χ0) is 28.2. The lowest BCUT2D eigenvalue weighted by Gasteiger charge is -2.25. The van der Waals surface area contributed by atoms with Crippen molar-refractivity contribution in [2.45, 2.75) is 57.3 Å². The number of carbonyl (C=O) groups is 3. The summed E-state index contributed by atoms with van der Waals surface area (Å²) in [4.78, 5) is 38.2. The molecule has 0 aromatic heterocycles. The molecule has 2 amide bonds. The van der Waals surface area contributed by atoms with E-state index in [9.17, 15) is 29.7 Å². The summed E-state index contributed by atoms with van der Waals surface area (Å²) in [5, 5.41) is 34.4. The van der Waals surface area contributed by atoms with Crippen LogP contribution in [0, 0.1) is 5.92 Å². The molecule has 2 aromatic carbocycles. The lowest BCUT2D eigenvalue weighted by atomic mass is 10.0. The fourth-order valence-corrected chi connectivity index (χ4v) is 3.64. The van der Waals surface area contributed by atoms with Crippen molar-refractivity contribution in [3.8, 4) is 17.2 Å². The fraction of sp³-hybridized carbons (Fsp3) is 0.444. The van der Waals surface area contributed by atoms with Crippen molar-refractivity contribution in [1.29, 1.82) is 0 Å². The quantitative estimate of drug-likeness (QED) is 0.194. The van der Waals surface area contributed by atoms with E-state index in [0.29, 0.717) is 11.3 Å². The predicted molar refractivity (Wildman–Crippen MR) is 139 cm³/mol. The molecule has 2 rings (SSSR count). The third-order valence-electron chi connectivity index (χ3n) is 5.75. The fourth-order valence-electron chi connectivity index (χ4n) is 3.64. The number of aromatic hydroxyl groups is 2. The van der Waals surface area contributed by atoms with Crippen LogP contribution in [0.3, 0.4) is 0 Å². The molecule has 0 saturated carbocycles. The van der Waals surface area contributed by atoms with E-state index in [1.807, 2.05) is 13.8 Å². The van der Waals surface area contributed by atoms with Crippen molar-refractivity contribution < 1.29 is 39.2 Å². The van der Waals surface area contributed by atoms with Crippen LogP contribution < -0.4 is 21.1 Å². The van der Waals surface area contributed by atoms with E-state index in [-0.39, 0.29) is 43.3 Å². The van der Waals surface area contributed by atoms with E-state index in [1.165, 1.54) is 31.4 Å². The minimum Gasteiger partial charge on any atom is -0.508 e. The molecular weight excluding hydrogens is 494 g/mol. The van der Waals surface area contributed by atoms with Gasteiger partial charge in [-0.05, 0) is 60.7 Å². The van der Waals surface area contributed by atoms with Crippen molar-refractivity contribution in [1.82, 2.24) is 10.6 Å². The zero-order valence-corrected chi connectivity index (χ0v) is 21.8. The molecular formula is C27H37N3O8. The number of aliphatic hydroxyl groups is 1. The van der Waals surface area contributed by atoms with Crippen molar-refractivity contribution in [2.75, 3.05) is 13.7 Å². The van der Waals surface area contributed by atoms with Crippen LogP contribution in [0.2, 0.25) is 0 Å². The molecule has 11 heteroatoms. The van der Waals surface area contributed by atoms with Gasteiger partial charge in [-0.15, -0.1) is 0 Å². The molecule has 7 N–H and O–H groups in total. The van der Waals surface area contributed by atoms with E-state index in [4.69, 9.17) is 15.2 Å². The summed E-state index contributed by atoms with van der Waals surface area (Å²) in [7, 11) is 1.20. The second-order valence-electron chi connectivity index (χ2n) is 9.39. The number of phenols is 2. The summed E-state index contributed by atoms with van der Waals surface area (Å²) in [6.07, 6.45) is -1.10. The third kappa shape index (κ3) is 9.91. The SMILES string of the molecule is COC(=O)[C@H](Cc1ccc(O)cc1)NC(=O)[C@H](CC(C)C)NC(=O)[C@@H](O)[C@H](N)CCOc1ccc(O)cc1. The molecule has 0 saturated heterocycles. The zero-order valence-electron chi connectivity index (χ0n) is 21.8. The standard InChI is InChI=1S/C27H37N3O8/c1-16(2)14-22(25(34)30-23(27(36)37-3)15-17-4-6-18(31)7-5-17)29-26(35)24(33)21(28)12-13-38-20-10-8-19(32)9-11-20/h4-11,16,21-24,31-33H,12-15,28H2,1-3H3,(H,29,35)(H,30,34)/t21-,22+,23+,24+/m1/s1. The maximum atomic E-state index is 13.1. The topological polar surface area (TPSA) is 180 Å². The number of carbonyl (C=O) groups excluding carboxylic acids is 3. The number of ether oxygens (including phenoxy) is 2. The highest BCUT2D eigenvalue weighted by Crippen LogP contribution is 2.16.